The fourth-order valence-electron chi connectivity index (χ4n) is 3.68. The van der Waals surface area contributed by atoms with Gasteiger partial charge in [-0.05, 0) is 61.7 Å². The molecular formula is C22H27FN2O3S. The second-order valence-electron chi connectivity index (χ2n) is 7.77. The number of halogens is 1. The van der Waals surface area contributed by atoms with Gasteiger partial charge in [0.2, 0.25) is 5.91 Å². The summed E-state index contributed by atoms with van der Waals surface area (Å²) in [6, 6.07) is 12.9. The summed E-state index contributed by atoms with van der Waals surface area (Å²) in [7, 11) is -3.23. The van der Waals surface area contributed by atoms with E-state index < -0.39 is 9.84 Å². The summed E-state index contributed by atoms with van der Waals surface area (Å²) >= 11 is 0. The molecule has 1 aliphatic heterocycles. The molecule has 0 aliphatic carbocycles. The first-order valence-electron chi connectivity index (χ1n) is 9.79. The lowest BCUT2D eigenvalue weighted by molar-refractivity contribution is -0.127. The number of hydrogen-bond acceptors (Lipinski definition) is 4. The number of amides is 1. The predicted molar refractivity (Wildman–Crippen MR) is 111 cm³/mol. The van der Waals surface area contributed by atoms with Gasteiger partial charge in [-0.25, -0.2) is 12.8 Å². The Morgan fingerprint density at radius 2 is 1.83 bits per heavy atom. The highest BCUT2D eigenvalue weighted by atomic mass is 32.2. The van der Waals surface area contributed by atoms with Crippen molar-refractivity contribution < 1.29 is 17.6 Å². The van der Waals surface area contributed by atoms with Crippen molar-refractivity contribution in [3.63, 3.8) is 0 Å². The van der Waals surface area contributed by atoms with Crippen molar-refractivity contribution in [2.75, 3.05) is 19.3 Å². The number of rotatable bonds is 6. The minimum absolute atomic E-state index is 0.00787. The molecule has 1 N–H and O–H groups in total. The van der Waals surface area contributed by atoms with Gasteiger partial charge < -0.3 is 5.32 Å². The molecule has 5 nitrogen and oxygen atoms in total. The summed E-state index contributed by atoms with van der Waals surface area (Å²) in [6.45, 7) is 4.19. The molecule has 1 amide bonds. The van der Waals surface area contributed by atoms with Crippen LogP contribution in [0, 0.1) is 11.7 Å². The standard InChI is InChI=1S/C22H27FN2O3S/c1-16(18-7-11-21(12-8-18)29(2,27)28)24-22(26)19-4-3-13-25(15-19)14-17-5-9-20(23)10-6-17/h5-12,16,19H,3-4,13-15H2,1-2H3,(H,24,26). The summed E-state index contributed by atoms with van der Waals surface area (Å²) < 4.78 is 36.2. The molecule has 2 aromatic rings. The molecule has 7 heteroatoms. The molecule has 0 spiro atoms. The van der Waals surface area contributed by atoms with Crippen molar-refractivity contribution in [1.29, 1.82) is 0 Å². The first kappa shape index (κ1) is 21.5. The Balaban J connectivity index is 1.57. The largest absolute Gasteiger partial charge is 0.349 e. The molecule has 156 valence electrons. The maximum atomic E-state index is 13.1. The third-order valence-corrected chi connectivity index (χ3v) is 6.49. The molecule has 29 heavy (non-hydrogen) atoms. The van der Waals surface area contributed by atoms with Crippen molar-refractivity contribution in [2.45, 2.75) is 37.2 Å². The number of piperidine rings is 1. The fraction of sp³-hybridized carbons (Fsp3) is 0.409. The van der Waals surface area contributed by atoms with E-state index in [1.807, 2.05) is 6.92 Å². The lowest BCUT2D eigenvalue weighted by atomic mass is 9.96. The van der Waals surface area contributed by atoms with E-state index in [0.717, 1.165) is 30.5 Å². The van der Waals surface area contributed by atoms with Crippen LogP contribution in [0.1, 0.15) is 36.9 Å². The second kappa shape index (κ2) is 9.05. The molecular weight excluding hydrogens is 391 g/mol. The van der Waals surface area contributed by atoms with Crippen molar-refractivity contribution in [2.24, 2.45) is 5.92 Å². The van der Waals surface area contributed by atoms with Crippen LogP contribution in [0.3, 0.4) is 0 Å². The quantitative estimate of drug-likeness (QED) is 0.782. The first-order valence-corrected chi connectivity index (χ1v) is 11.7. The van der Waals surface area contributed by atoms with Crippen LogP contribution < -0.4 is 5.32 Å². The van der Waals surface area contributed by atoms with Crippen molar-refractivity contribution in [3.05, 3.63) is 65.5 Å². The average molecular weight is 419 g/mol. The number of carbonyl (C=O) groups is 1. The maximum absolute atomic E-state index is 13.1. The Bertz CT molecular complexity index is 943. The zero-order valence-electron chi connectivity index (χ0n) is 16.8. The fourth-order valence-corrected chi connectivity index (χ4v) is 4.31. The van der Waals surface area contributed by atoms with E-state index in [0.29, 0.717) is 13.1 Å². The zero-order valence-corrected chi connectivity index (χ0v) is 17.6. The summed E-state index contributed by atoms with van der Waals surface area (Å²) in [5.74, 6) is -0.335. The molecule has 2 unspecified atom stereocenters. The van der Waals surface area contributed by atoms with Crippen LogP contribution in [0.5, 0.6) is 0 Å². The molecule has 1 heterocycles. The van der Waals surface area contributed by atoms with Crippen LogP contribution in [0.15, 0.2) is 53.4 Å². The highest BCUT2D eigenvalue weighted by molar-refractivity contribution is 7.90. The van der Waals surface area contributed by atoms with Crippen LogP contribution in [-0.2, 0) is 21.2 Å². The lowest BCUT2D eigenvalue weighted by Gasteiger charge is -2.32. The third-order valence-electron chi connectivity index (χ3n) is 5.36. The van der Waals surface area contributed by atoms with Crippen LogP contribution in [0.25, 0.3) is 0 Å². The second-order valence-corrected chi connectivity index (χ2v) is 9.79. The van der Waals surface area contributed by atoms with Gasteiger partial charge in [-0.15, -0.1) is 0 Å². The Hall–Kier alpha value is -2.25. The zero-order chi connectivity index (χ0) is 21.0. The average Bonchev–Trinajstić information content (AvgIpc) is 2.69. The Labute approximate surface area is 171 Å². The number of nitrogens with zero attached hydrogens (tertiary/aromatic N) is 1. The van der Waals surface area contributed by atoms with Crippen molar-refractivity contribution >= 4 is 15.7 Å². The van der Waals surface area contributed by atoms with E-state index in [1.165, 1.54) is 18.4 Å². The maximum Gasteiger partial charge on any atom is 0.224 e. The Kier molecular flexibility index (Phi) is 6.70. The number of benzene rings is 2. The summed E-state index contributed by atoms with van der Waals surface area (Å²) in [5, 5.41) is 3.05. The summed E-state index contributed by atoms with van der Waals surface area (Å²) in [6.07, 6.45) is 2.95. The van der Waals surface area contributed by atoms with E-state index in [9.17, 15) is 17.6 Å². The first-order chi connectivity index (χ1) is 13.7. The Morgan fingerprint density at radius 3 is 2.45 bits per heavy atom. The molecule has 0 aromatic heterocycles. The molecule has 3 rings (SSSR count). The van der Waals surface area contributed by atoms with Gasteiger partial charge in [0.1, 0.15) is 5.82 Å². The number of hydrogen-bond donors (Lipinski definition) is 1. The van der Waals surface area contributed by atoms with Gasteiger partial charge in [-0.2, -0.15) is 0 Å². The molecule has 1 aliphatic rings. The Morgan fingerprint density at radius 1 is 1.17 bits per heavy atom. The third kappa shape index (κ3) is 5.87. The molecule has 0 saturated carbocycles. The van der Waals surface area contributed by atoms with Gasteiger partial charge in [-0.1, -0.05) is 24.3 Å². The van der Waals surface area contributed by atoms with E-state index in [-0.39, 0.29) is 28.6 Å². The number of carbonyl (C=O) groups excluding carboxylic acids is 1. The smallest absolute Gasteiger partial charge is 0.224 e. The normalized spacial score (nSPS) is 18.9. The van der Waals surface area contributed by atoms with Gasteiger partial charge in [0.25, 0.3) is 0 Å². The monoisotopic (exact) mass is 418 g/mol. The van der Waals surface area contributed by atoms with E-state index in [4.69, 9.17) is 0 Å². The van der Waals surface area contributed by atoms with Gasteiger partial charge in [-0.3, -0.25) is 9.69 Å². The lowest BCUT2D eigenvalue weighted by Crippen LogP contribution is -2.43. The SMILES string of the molecule is CC(NC(=O)C1CCCN(Cc2ccc(F)cc2)C1)c1ccc(S(C)(=O)=O)cc1. The van der Waals surface area contributed by atoms with Crippen molar-refractivity contribution in [3.8, 4) is 0 Å². The number of nitrogens with one attached hydrogen (secondary N) is 1. The van der Waals surface area contributed by atoms with Gasteiger partial charge in [0, 0.05) is 19.3 Å². The summed E-state index contributed by atoms with van der Waals surface area (Å²) in [4.78, 5) is 15.3. The predicted octanol–water partition coefficient (Wildman–Crippen LogP) is 3.32. The molecule has 1 fully saturated rings. The highest BCUT2D eigenvalue weighted by Crippen LogP contribution is 2.21. The topological polar surface area (TPSA) is 66.5 Å². The van der Waals surface area contributed by atoms with Gasteiger partial charge in [0.05, 0.1) is 16.9 Å². The molecule has 2 atom stereocenters. The minimum atomic E-state index is -3.23. The van der Waals surface area contributed by atoms with Gasteiger partial charge in [0.15, 0.2) is 9.84 Å². The van der Waals surface area contributed by atoms with Crippen LogP contribution >= 0.6 is 0 Å². The van der Waals surface area contributed by atoms with E-state index in [2.05, 4.69) is 10.2 Å². The molecule has 0 radical (unpaired) electrons. The van der Waals surface area contributed by atoms with Crippen LogP contribution in [-0.4, -0.2) is 38.6 Å². The highest BCUT2D eigenvalue weighted by Gasteiger charge is 2.26. The molecule has 1 saturated heterocycles. The summed E-state index contributed by atoms with van der Waals surface area (Å²) in [5.41, 5.74) is 1.90. The van der Waals surface area contributed by atoms with Crippen LogP contribution in [0.4, 0.5) is 4.39 Å². The van der Waals surface area contributed by atoms with Gasteiger partial charge >= 0.3 is 0 Å². The minimum Gasteiger partial charge on any atom is -0.349 e. The van der Waals surface area contributed by atoms with E-state index >= 15 is 0 Å². The number of likely N-dealkylation sites (tertiary alicyclic amines) is 1. The number of sulfone groups is 1. The van der Waals surface area contributed by atoms with E-state index in [1.54, 1.807) is 36.4 Å². The molecule has 2 aromatic carbocycles. The van der Waals surface area contributed by atoms with Crippen molar-refractivity contribution in [1.82, 2.24) is 10.2 Å². The van der Waals surface area contributed by atoms with Crippen LogP contribution in [0.2, 0.25) is 0 Å². The molecule has 0 bridgehead atoms.